The van der Waals surface area contributed by atoms with E-state index in [1.54, 1.807) is 0 Å². The molecule has 1 atom stereocenters. The van der Waals surface area contributed by atoms with Crippen molar-refractivity contribution in [2.45, 2.75) is 38.3 Å². The minimum Gasteiger partial charge on any atom is -0.491 e. The van der Waals surface area contributed by atoms with E-state index in [0.29, 0.717) is 19.6 Å². The Kier molecular flexibility index (Phi) is 6.46. The SMILES string of the molecule is O=C(CCc1ccccc1)NCc1ccc(OCC2CCCO2)cc1. The first-order valence-electron chi connectivity index (χ1n) is 8.93. The molecule has 1 fully saturated rings. The van der Waals surface area contributed by atoms with Gasteiger partial charge in [-0.3, -0.25) is 4.79 Å². The number of rotatable bonds is 8. The molecule has 4 heteroatoms. The Morgan fingerprint density at radius 1 is 1.08 bits per heavy atom. The normalized spacial score (nSPS) is 16.6. The molecule has 0 aliphatic carbocycles. The highest BCUT2D eigenvalue weighted by Gasteiger charge is 2.15. The van der Waals surface area contributed by atoms with Crippen molar-refractivity contribution in [2.24, 2.45) is 0 Å². The van der Waals surface area contributed by atoms with E-state index in [-0.39, 0.29) is 12.0 Å². The Balaban J connectivity index is 1.36. The molecule has 1 saturated heterocycles. The Bertz CT molecular complexity index is 649. The number of benzene rings is 2. The molecule has 1 unspecified atom stereocenters. The zero-order chi connectivity index (χ0) is 17.3. The van der Waals surface area contributed by atoms with Gasteiger partial charge >= 0.3 is 0 Å². The van der Waals surface area contributed by atoms with E-state index in [4.69, 9.17) is 9.47 Å². The summed E-state index contributed by atoms with van der Waals surface area (Å²) < 4.78 is 11.3. The number of amides is 1. The van der Waals surface area contributed by atoms with Crippen LogP contribution in [0.15, 0.2) is 54.6 Å². The molecule has 0 radical (unpaired) electrons. The average Bonchev–Trinajstić information content (AvgIpc) is 3.18. The van der Waals surface area contributed by atoms with Gasteiger partial charge < -0.3 is 14.8 Å². The summed E-state index contributed by atoms with van der Waals surface area (Å²) in [6, 6.07) is 17.9. The minimum atomic E-state index is 0.0718. The molecule has 132 valence electrons. The molecule has 4 nitrogen and oxygen atoms in total. The summed E-state index contributed by atoms with van der Waals surface area (Å²) in [7, 11) is 0. The van der Waals surface area contributed by atoms with Crippen molar-refractivity contribution in [3.05, 3.63) is 65.7 Å². The molecule has 1 heterocycles. The summed E-state index contributed by atoms with van der Waals surface area (Å²) in [6.07, 6.45) is 3.70. The standard InChI is InChI=1S/C21H25NO3/c23-21(13-10-17-5-2-1-3-6-17)22-15-18-8-11-19(12-9-18)25-16-20-7-4-14-24-20/h1-3,5-6,8-9,11-12,20H,4,7,10,13-16H2,(H,22,23). The highest BCUT2D eigenvalue weighted by Crippen LogP contribution is 2.16. The highest BCUT2D eigenvalue weighted by atomic mass is 16.5. The lowest BCUT2D eigenvalue weighted by Crippen LogP contribution is -2.23. The molecule has 3 rings (SSSR count). The lowest BCUT2D eigenvalue weighted by molar-refractivity contribution is -0.121. The van der Waals surface area contributed by atoms with Crippen LogP contribution in [0.3, 0.4) is 0 Å². The second kappa shape index (κ2) is 9.23. The maximum absolute atomic E-state index is 12.0. The largest absolute Gasteiger partial charge is 0.491 e. The van der Waals surface area contributed by atoms with E-state index in [1.807, 2.05) is 54.6 Å². The smallest absolute Gasteiger partial charge is 0.220 e. The number of hydrogen-bond acceptors (Lipinski definition) is 3. The van der Waals surface area contributed by atoms with Gasteiger partial charge in [0.05, 0.1) is 6.10 Å². The summed E-state index contributed by atoms with van der Waals surface area (Å²) in [5, 5.41) is 2.97. The van der Waals surface area contributed by atoms with Crippen molar-refractivity contribution >= 4 is 5.91 Å². The Morgan fingerprint density at radius 2 is 1.88 bits per heavy atom. The quantitative estimate of drug-likeness (QED) is 0.801. The number of nitrogens with one attached hydrogen (secondary N) is 1. The van der Waals surface area contributed by atoms with Gasteiger partial charge in [0, 0.05) is 19.6 Å². The number of carbonyl (C=O) groups excluding carboxylic acids is 1. The van der Waals surface area contributed by atoms with Crippen LogP contribution in [-0.4, -0.2) is 25.2 Å². The van der Waals surface area contributed by atoms with Gasteiger partial charge in [-0.2, -0.15) is 0 Å². The third kappa shape index (κ3) is 5.91. The van der Waals surface area contributed by atoms with Crippen LogP contribution >= 0.6 is 0 Å². The predicted molar refractivity (Wildman–Crippen MR) is 97.5 cm³/mol. The van der Waals surface area contributed by atoms with E-state index in [2.05, 4.69) is 5.32 Å². The Morgan fingerprint density at radius 3 is 2.60 bits per heavy atom. The van der Waals surface area contributed by atoms with Crippen molar-refractivity contribution < 1.29 is 14.3 Å². The first kappa shape index (κ1) is 17.5. The van der Waals surface area contributed by atoms with Crippen LogP contribution in [0.25, 0.3) is 0 Å². The fourth-order valence-electron chi connectivity index (χ4n) is 2.86. The van der Waals surface area contributed by atoms with Crippen molar-refractivity contribution in [3.63, 3.8) is 0 Å². The molecule has 0 aromatic heterocycles. The molecule has 1 aliphatic heterocycles. The second-order valence-corrected chi connectivity index (χ2v) is 6.35. The number of hydrogen-bond donors (Lipinski definition) is 1. The van der Waals surface area contributed by atoms with E-state index >= 15 is 0 Å². The predicted octanol–water partition coefficient (Wildman–Crippen LogP) is 3.49. The molecule has 0 bridgehead atoms. The zero-order valence-corrected chi connectivity index (χ0v) is 14.4. The molecule has 1 amide bonds. The van der Waals surface area contributed by atoms with Crippen molar-refractivity contribution in [1.29, 1.82) is 0 Å². The van der Waals surface area contributed by atoms with E-state index < -0.39 is 0 Å². The molecule has 1 N–H and O–H groups in total. The Hall–Kier alpha value is -2.33. The average molecular weight is 339 g/mol. The van der Waals surface area contributed by atoms with Crippen LogP contribution in [0.4, 0.5) is 0 Å². The Labute approximate surface area is 149 Å². The van der Waals surface area contributed by atoms with Gasteiger partial charge in [0.2, 0.25) is 5.91 Å². The minimum absolute atomic E-state index is 0.0718. The van der Waals surface area contributed by atoms with Gasteiger partial charge in [0.15, 0.2) is 0 Å². The van der Waals surface area contributed by atoms with Crippen LogP contribution in [0.1, 0.15) is 30.4 Å². The zero-order valence-electron chi connectivity index (χ0n) is 14.4. The first-order valence-corrected chi connectivity index (χ1v) is 8.93. The van der Waals surface area contributed by atoms with Crippen LogP contribution in [-0.2, 0) is 22.5 Å². The van der Waals surface area contributed by atoms with E-state index in [0.717, 1.165) is 37.2 Å². The molecule has 25 heavy (non-hydrogen) atoms. The van der Waals surface area contributed by atoms with Crippen molar-refractivity contribution in [2.75, 3.05) is 13.2 Å². The lowest BCUT2D eigenvalue weighted by Gasteiger charge is -2.12. The van der Waals surface area contributed by atoms with Crippen LogP contribution < -0.4 is 10.1 Å². The molecule has 0 saturated carbocycles. The molecule has 0 spiro atoms. The third-order valence-electron chi connectivity index (χ3n) is 4.36. The first-order chi connectivity index (χ1) is 12.3. The molecule has 2 aromatic rings. The van der Waals surface area contributed by atoms with E-state index in [1.165, 1.54) is 5.56 Å². The van der Waals surface area contributed by atoms with Crippen molar-refractivity contribution in [1.82, 2.24) is 5.32 Å². The van der Waals surface area contributed by atoms with Gasteiger partial charge in [0.1, 0.15) is 12.4 Å². The monoisotopic (exact) mass is 339 g/mol. The van der Waals surface area contributed by atoms with Gasteiger partial charge in [-0.1, -0.05) is 42.5 Å². The molecular weight excluding hydrogens is 314 g/mol. The number of aryl methyl sites for hydroxylation is 1. The molecule has 1 aliphatic rings. The fourth-order valence-corrected chi connectivity index (χ4v) is 2.86. The van der Waals surface area contributed by atoms with Gasteiger partial charge in [-0.05, 0) is 42.5 Å². The van der Waals surface area contributed by atoms with Gasteiger partial charge in [-0.15, -0.1) is 0 Å². The summed E-state index contributed by atoms with van der Waals surface area (Å²) >= 11 is 0. The summed E-state index contributed by atoms with van der Waals surface area (Å²) in [6.45, 7) is 1.99. The van der Waals surface area contributed by atoms with E-state index in [9.17, 15) is 4.79 Å². The number of carbonyl (C=O) groups is 1. The topological polar surface area (TPSA) is 47.6 Å². The van der Waals surface area contributed by atoms with Gasteiger partial charge in [0.25, 0.3) is 0 Å². The highest BCUT2D eigenvalue weighted by molar-refractivity contribution is 5.76. The molecular formula is C21H25NO3. The fraction of sp³-hybridized carbons (Fsp3) is 0.381. The van der Waals surface area contributed by atoms with Crippen molar-refractivity contribution in [3.8, 4) is 5.75 Å². The maximum Gasteiger partial charge on any atom is 0.220 e. The summed E-state index contributed by atoms with van der Waals surface area (Å²) in [4.78, 5) is 12.0. The van der Waals surface area contributed by atoms with Crippen LogP contribution in [0, 0.1) is 0 Å². The summed E-state index contributed by atoms with van der Waals surface area (Å²) in [5.41, 5.74) is 2.25. The second-order valence-electron chi connectivity index (χ2n) is 6.35. The molecule has 2 aromatic carbocycles. The summed E-state index contributed by atoms with van der Waals surface area (Å²) in [5.74, 6) is 0.914. The third-order valence-corrected chi connectivity index (χ3v) is 4.36. The lowest BCUT2D eigenvalue weighted by atomic mass is 10.1. The van der Waals surface area contributed by atoms with Crippen LogP contribution in [0.2, 0.25) is 0 Å². The van der Waals surface area contributed by atoms with Crippen LogP contribution in [0.5, 0.6) is 5.75 Å². The maximum atomic E-state index is 12.0. The van der Waals surface area contributed by atoms with Gasteiger partial charge in [-0.25, -0.2) is 0 Å². The number of ether oxygens (including phenoxy) is 2.